The average molecular weight is 275 g/mol. The van der Waals surface area contributed by atoms with E-state index in [-0.39, 0.29) is 17.9 Å². The fraction of sp³-hybridized carbons (Fsp3) is 0.133. The van der Waals surface area contributed by atoms with Gasteiger partial charge in [0.2, 0.25) is 0 Å². The molecule has 0 saturated heterocycles. The molecule has 0 atom stereocenters. The maximum Gasteiger partial charge on any atom is 0.335 e. The first kappa shape index (κ1) is 13.9. The summed E-state index contributed by atoms with van der Waals surface area (Å²) in [6.07, 6.45) is 0. The van der Waals surface area contributed by atoms with E-state index in [2.05, 4.69) is 5.32 Å². The Morgan fingerprint density at radius 2 is 2.00 bits per heavy atom. The van der Waals surface area contributed by atoms with Crippen molar-refractivity contribution in [3.8, 4) is 5.75 Å². The molecule has 104 valence electrons. The van der Waals surface area contributed by atoms with E-state index < -0.39 is 11.8 Å². The summed E-state index contributed by atoms with van der Waals surface area (Å²) >= 11 is 0. The fourth-order valence-corrected chi connectivity index (χ4v) is 1.88. The van der Waals surface area contributed by atoms with E-state index in [1.165, 1.54) is 24.3 Å². The molecule has 0 fully saturated rings. The summed E-state index contributed by atoms with van der Waals surface area (Å²) in [6, 6.07) is 8.43. The summed E-state index contributed by atoms with van der Waals surface area (Å²) in [7, 11) is 0. The first-order valence-corrected chi connectivity index (χ1v) is 6.02. The predicted molar refractivity (Wildman–Crippen MR) is 73.5 cm³/mol. The van der Waals surface area contributed by atoms with Gasteiger partial charge < -0.3 is 15.5 Å². The lowest BCUT2D eigenvalue weighted by molar-refractivity contribution is 0.0697. The molecule has 0 amide bonds. The first-order chi connectivity index (χ1) is 9.47. The van der Waals surface area contributed by atoms with Crippen LogP contribution in [-0.2, 0) is 6.54 Å². The van der Waals surface area contributed by atoms with Crippen LogP contribution in [0.25, 0.3) is 0 Å². The van der Waals surface area contributed by atoms with E-state index in [4.69, 9.17) is 5.11 Å². The third kappa shape index (κ3) is 3.06. The first-order valence-electron chi connectivity index (χ1n) is 6.02. The molecule has 20 heavy (non-hydrogen) atoms. The van der Waals surface area contributed by atoms with Crippen molar-refractivity contribution < 1.29 is 19.4 Å². The molecule has 2 aromatic carbocycles. The smallest absolute Gasteiger partial charge is 0.335 e. The van der Waals surface area contributed by atoms with Crippen molar-refractivity contribution in [3.05, 3.63) is 58.9 Å². The van der Waals surface area contributed by atoms with Crippen LogP contribution < -0.4 is 5.32 Å². The number of halogens is 1. The van der Waals surface area contributed by atoms with E-state index >= 15 is 0 Å². The molecular weight excluding hydrogens is 261 g/mol. The zero-order chi connectivity index (χ0) is 14.7. The average Bonchev–Trinajstić information content (AvgIpc) is 2.40. The zero-order valence-electron chi connectivity index (χ0n) is 10.9. The molecule has 2 aromatic rings. The van der Waals surface area contributed by atoms with E-state index in [1.54, 1.807) is 19.1 Å². The topological polar surface area (TPSA) is 69.6 Å². The molecule has 4 nitrogen and oxygen atoms in total. The second kappa shape index (κ2) is 5.61. The minimum absolute atomic E-state index is 0.0127. The van der Waals surface area contributed by atoms with Gasteiger partial charge in [0.05, 0.1) is 5.56 Å². The molecule has 0 unspecified atom stereocenters. The number of hydrogen-bond acceptors (Lipinski definition) is 3. The van der Waals surface area contributed by atoms with E-state index in [9.17, 15) is 14.3 Å². The molecular formula is C15H14FNO3. The molecule has 0 radical (unpaired) electrons. The molecule has 0 aliphatic rings. The number of hydrogen-bond donors (Lipinski definition) is 3. The van der Waals surface area contributed by atoms with Crippen LogP contribution in [0.15, 0.2) is 36.4 Å². The molecule has 3 N–H and O–H groups in total. The van der Waals surface area contributed by atoms with Crippen LogP contribution in [0, 0.1) is 12.7 Å². The molecule has 0 heterocycles. The number of carboxylic acid groups (broad SMARTS) is 1. The van der Waals surface area contributed by atoms with Crippen LogP contribution >= 0.6 is 0 Å². The Morgan fingerprint density at radius 1 is 1.25 bits per heavy atom. The summed E-state index contributed by atoms with van der Waals surface area (Å²) in [5.41, 5.74) is 2.15. The quantitative estimate of drug-likeness (QED) is 0.801. The van der Waals surface area contributed by atoms with Crippen LogP contribution in [-0.4, -0.2) is 16.2 Å². The maximum atomic E-state index is 13.1. The van der Waals surface area contributed by atoms with Gasteiger partial charge in [-0.25, -0.2) is 9.18 Å². The van der Waals surface area contributed by atoms with Crippen LogP contribution in [0.4, 0.5) is 10.1 Å². The standard InChI is InChI=1S/C15H14FNO3/c1-9-6-10(15(19)20)2-4-13(9)17-8-11-7-12(16)3-5-14(11)18/h2-7,17-18H,8H2,1H3,(H,19,20). The molecule has 0 aliphatic carbocycles. The minimum atomic E-state index is -0.984. The second-order valence-electron chi connectivity index (χ2n) is 4.46. The van der Waals surface area contributed by atoms with Crippen LogP contribution in [0.2, 0.25) is 0 Å². The molecule has 0 aromatic heterocycles. The van der Waals surface area contributed by atoms with Gasteiger partial charge in [0.1, 0.15) is 11.6 Å². The molecule has 0 bridgehead atoms. The fourth-order valence-electron chi connectivity index (χ4n) is 1.88. The zero-order valence-corrected chi connectivity index (χ0v) is 10.9. The number of aryl methyl sites for hydroxylation is 1. The third-order valence-electron chi connectivity index (χ3n) is 2.98. The van der Waals surface area contributed by atoms with Crippen molar-refractivity contribution >= 4 is 11.7 Å². The van der Waals surface area contributed by atoms with Gasteiger partial charge in [-0.05, 0) is 48.9 Å². The van der Waals surface area contributed by atoms with Crippen LogP contribution in [0.3, 0.4) is 0 Å². The highest BCUT2D eigenvalue weighted by Gasteiger charge is 2.07. The monoisotopic (exact) mass is 275 g/mol. The summed E-state index contributed by atoms with van der Waals surface area (Å²) in [5.74, 6) is -1.39. The van der Waals surface area contributed by atoms with Crippen molar-refractivity contribution in [2.24, 2.45) is 0 Å². The van der Waals surface area contributed by atoms with E-state index in [0.29, 0.717) is 5.56 Å². The Labute approximate surface area is 115 Å². The highest BCUT2D eigenvalue weighted by Crippen LogP contribution is 2.21. The Kier molecular flexibility index (Phi) is 3.89. The van der Waals surface area contributed by atoms with Gasteiger partial charge in [-0.1, -0.05) is 0 Å². The number of carboxylic acids is 1. The predicted octanol–water partition coefficient (Wildman–Crippen LogP) is 3.15. The Morgan fingerprint density at radius 3 is 2.65 bits per heavy atom. The van der Waals surface area contributed by atoms with Crippen molar-refractivity contribution in [3.63, 3.8) is 0 Å². The number of carbonyl (C=O) groups is 1. The lowest BCUT2D eigenvalue weighted by Gasteiger charge is -2.11. The number of anilines is 1. The van der Waals surface area contributed by atoms with E-state index in [1.807, 2.05) is 0 Å². The van der Waals surface area contributed by atoms with Crippen LogP contribution in [0.5, 0.6) is 5.75 Å². The summed E-state index contributed by atoms with van der Waals surface area (Å²) in [4.78, 5) is 10.8. The molecule has 5 heteroatoms. The number of phenolic OH excluding ortho intramolecular Hbond substituents is 1. The number of phenols is 1. The Bertz CT molecular complexity index is 656. The normalized spacial score (nSPS) is 10.3. The minimum Gasteiger partial charge on any atom is -0.508 e. The van der Waals surface area contributed by atoms with Crippen molar-refractivity contribution in [2.75, 3.05) is 5.32 Å². The Hall–Kier alpha value is -2.56. The third-order valence-corrected chi connectivity index (χ3v) is 2.98. The highest BCUT2D eigenvalue weighted by molar-refractivity contribution is 5.88. The van der Waals surface area contributed by atoms with E-state index in [0.717, 1.165) is 11.3 Å². The van der Waals surface area contributed by atoms with Gasteiger partial charge in [0, 0.05) is 17.8 Å². The van der Waals surface area contributed by atoms with Gasteiger partial charge >= 0.3 is 5.97 Å². The number of rotatable bonds is 4. The van der Waals surface area contributed by atoms with Gasteiger partial charge in [0.15, 0.2) is 0 Å². The lowest BCUT2D eigenvalue weighted by atomic mass is 10.1. The molecule has 0 aliphatic heterocycles. The lowest BCUT2D eigenvalue weighted by Crippen LogP contribution is -2.03. The summed E-state index contributed by atoms with van der Waals surface area (Å²) in [5, 5.41) is 21.5. The number of aromatic carboxylic acids is 1. The van der Waals surface area contributed by atoms with Crippen LogP contribution in [0.1, 0.15) is 21.5 Å². The van der Waals surface area contributed by atoms with Gasteiger partial charge in [0.25, 0.3) is 0 Å². The SMILES string of the molecule is Cc1cc(C(=O)O)ccc1NCc1cc(F)ccc1O. The Balaban J connectivity index is 2.15. The number of nitrogens with one attached hydrogen (secondary N) is 1. The van der Waals surface area contributed by atoms with Crippen molar-refractivity contribution in [2.45, 2.75) is 13.5 Å². The maximum absolute atomic E-state index is 13.1. The second-order valence-corrected chi connectivity index (χ2v) is 4.46. The summed E-state index contributed by atoms with van der Waals surface area (Å²) < 4.78 is 13.1. The van der Waals surface area contributed by atoms with Gasteiger partial charge in [-0.3, -0.25) is 0 Å². The number of benzene rings is 2. The largest absolute Gasteiger partial charge is 0.508 e. The highest BCUT2D eigenvalue weighted by atomic mass is 19.1. The van der Waals surface area contributed by atoms with Crippen molar-refractivity contribution in [1.82, 2.24) is 0 Å². The van der Waals surface area contributed by atoms with Crippen molar-refractivity contribution in [1.29, 1.82) is 0 Å². The molecule has 0 spiro atoms. The molecule has 2 rings (SSSR count). The number of aromatic hydroxyl groups is 1. The molecule has 0 saturated carbocycles. The summed E-state index contributed by atoms with van der Waals surface area (Å²) in [6.45, 7) is 2.02. The van der Waals surface area contributed by atoms with Gasteiger partial charge in [-0.15, -0.1) is 0 Å². The van der Waals surface area contributed by atoms with Gasteiger partial charge in [-0.2, -0.15) is 0 Å².